The molecule has 7 heteroatoms. The lowest BCUT2D eigenvalue weighted by Crippen LogP contribution is -2.40. The molecule has 6 nitrogen and oxygen atoms in total. The van der Waals surface area contributed by atoms with Gasteiger partial charge in [0.25, 0.3) is 5.91 Å². The van der Waals surface area contributed by atoms with Gasteiger partial charge >= 0.3 is 0 Å². The van der Waals surface area contributed by atoms with Crippen LogP contribution in [0, 0.1) is 0 Å². The molecule has 1 aromatic carbocycles. The second kappa shape index (κ2) is 6.55. The second-order valence-corrected chi connectivity index (χ2v) is 7.20. The van der Waals surface area contributed by atoms with Crippen molar-refractivity contribution in [2.45, 2.75) is 42.7 Å². The van der Waals surface area contributed by atoms with Crippen molar-refractivity contribution in [2.75, 3.05) is 7.05 Å². The molecule has 1 aliphatic carbocycles. The van der Waals surface area contributed by atoms with E-state index in [1.807, 2.05) is 0 Å². The normalized spacial score (nSPS) is 22.8. The molecule has 1 fully saturated rings. The minimum atomic E-state index is -3.47. The summed E-state index contributed by atoms with van der Waals surface area (Å²) in [4.78, 5) is 12.3. The molecular weight excluding hydrogens is 290 g/mol. The fraction of sp³-hybridized carbons (Fsp3) is 0.500. The summed E-state index contributed by atoms with van der Waals surface area (Å²) in [6.45, 7) is 0. The van der Waals surface area contributed by atoms with Crippen molar-refractivity contribution >= 4 is 15.9 Å². The van der Waals surface area contributed by atoms with Gasteiger partial charge in [-0.05, 0) is 57.0 Å². The van der Waals surface area contributed by atoms with Crippen LogP contribution < -0.4 is 15.8 Å². The van der Waals surface area contributed by atoms with Crippen LogP contribution in [-0.2, 0) is 10.0 Å². The minimum absolute atomic E-state index is 0.144. The highest BCUT2D eigenvalue weighted by molar-refractivity contribution is 7.89. The number of nitrogens with two attached hydrogens (primary N) is 1. The molecule has 1 amide bonds. The number of nitrogens with one attached hydrogen (secondary N) is 2. The van der Waals surface area contributed by atoms with Crippen LogP contribution in [0.25, 0.3) is 0 Å². The first-order valence-electron chi connectivity index (χ1n) is 7.02. The Kier molecular flexibility index (Phi) is 4.97. The number of amides is 1. The van der Waals surface area contributed by atoms with Gasteiger partial charge < -0.3 is 11.1 Å². The van der Waals surface area contributed by atoms with Gasteiger partial charge in [-0.1, -0.05) is 0 Å². The van der Waals surface area contributed by atoms with Gasteiger partial charge in [0.1, 0.15) is 0 Å². The molecule has 0 aliphatic heterocycles. The molecule has 21 heavy (non-hydrogen) atoms. The molecule has 0 saturated heterocycles. The Hall–Kier alpha value is -1.44. The van der Waals surface area contributed by atoms with Gasteiger partial charge in [-0.3, -0.25) is 4.79 Å². The maximum absolute atomic E-state index is 12.1. The molecule has 1 aliphatic rings. The fourth-order valence-corrected chi connectivity index (χ4v) is 3.17. The average molecular weight is 311 g/mol. The Morgan fingerprint density at radius 3 is 2.24 bits per heavy atom. The lowest BCUT2D eigenvalue weighted by atomic mass is 9.91. The fourth-order valence-electron chi connectivity index (χ4n) is 2.44. The number of hydrogen-bond acceptors (Lipinski definition) is 4. The molecule has 0 bridgehead atoms. The van der Waals surface area contributed by atoms with E-state index in [0.29, 0.717) is 5.56 Å². The molecule has 0 heterocycles. The Labute approximate surface area is 125 Å². The van der Waals surface area contributed by atoms with Crippen LogP contribution in [0.2, 0.25) is 0 Å². The SMILES string of the molecule is CNS(=O)(=O)c1ccc(C(=O)NC2CCC(N)CC2)cc1. The van der Waals surface area contributed by atoms with Crippen LogP contribution in [0.15, 0.2) is 29.2 Å². The van der Waals surface area contributed by atoms with E-state index in [9.17, 15) is 13.2 Å². The van der Waals surface area contributed by atoms with Gasteiger partial charge in [0.2, 0.25) is 10.0 Å². The highest BCUT2D eigenvalue weighted by Gasteiger charge is 2.20. The zero-order valence-corrected chi connectivity index (χ0v) is 12.8. The van der Waals surface area contributed by atoms with E-state index >= 15 is 0 Å². The topological polar surface area (TPSA) is 101 Å². The quantitative estimate of drug-likeness (QED) is 0.757. The molecule has 2 rings (SSSR count). The zero-order valence-electron chi connectivity index (χ0n) is 12.0. The third-order valence-corrected chi connectivity index (χ3v) is 5.23. The predicted octanol–water partition coefficient (Wildman–Crippen LogP) is 0.594. The molecule has 0 atom stereocenters. The Balaban J connectivity index is 2.00. The molecule has 0 aromatic heterocycles. The van der Waals surface area contributed by atoms with E-state index in [1.165, 1.54) is 31.3 Å². The molecule has 1 aromatic rings. The summed E-state index contributed by atoms with van der Waals surface area (Å²) in [6.07, 6.45) is 3.62. The number of carbonyl (C=O) groups excluding carboxylic acids is 1. The van der Waals surface area contributed by atoms with Crippen molar-refractivity contribution in [1.82, 2.24) is 10.0 Å². The van der Waals surface area contributed by atoms with Gasteiger partial charge in [0, 0.05) is 17.6 Å². The van der Waals surface area contributed by atoms with E-state index in [0.717, 1.165) is 25.7 Å². The van der Waals surface area contributed by atoms with Crippen LogP contribution in [0.1, 0.15) is 36.0 Å². The van der Waals surface area contributed by atoms with Crippen molar-refractivity contribution in [3.63, 3.8) is 0 Å². The molecule has 0 radical (unpaired) electrons. The van der Waals surface area contributed by atoms with Gasteiger partial charge in [-0.15, -0.1) is 0 Å². The molecule has 0 unspecified atom stereocenters. The number of hydrogen-bond donors (Lipinski definition) is 3. The Morgan fingerprint density at radius 2 is 1.71 bits per heavy atom. The van der Waals surface area contributed by atoms with E-state index < -0.39 is 10.0 Å². The van der Waals surface area contributed by atoms with Gasteiger partial charge in [0.05, 0.1) is 4.90 Å². The maximum atomic E-state index is 12.1. The summed E-state index contributed by atoms with van der Waals surface area (Å²) < 4.78 is 25.4. The van der Waals surface area contributed by atoms with E-state index in [-0.39, 0.29) is 22.9 Å². The Morgan fingerprint density at radius 1 is 1.14 bits per heavy atom. The first kappa shape index (κ1) is 15.9. The van der Waals surface area contributed by atoms with Crippen LogP contribution in [0.3, 0.4) is 0 Å². The van der Waals surface area contributed by atoms with Crippen LogP contribution >= 0.6 is 0 Å². The van der Waals surface area contributed by atoms with Crippen molar-refractivity contribution in [3.8, 4) is 0 Å². The zero-order chi connectivity index (χ0) is 15.5. The summed E-state index contributed by atoms with van der Waals surface area (Å²) in [5.74, 6) is -0.177. The average Bonchev–Trinajstić information content (AvgIpc) is 2.49. The van der Waals surface area contributed by atoms with Crippen molar-refractivity contribution in [1.29, 1.82) is 0 Å². The van der Waals surface area contributed by atoms with Crippen LogP contribution in [-0.4, -0.2) is 33.5 Å². The summed E-state index contributed by atoms with van der Waals surface area (Å²) >= 11 is 0. The highest BCUT2D eigenvalue weighted by atomic mass is 32.2. The first-order valence-corrected chi connectivity index (χ1v) is 8.51. The molecule has 1 saturated carbocycles. The third-order valence-electron chi connectivity index (χ3n) is 3.80. The van der Waals surface area contributed by atoms with Crippen molar-refractivity contribution < 1.29 is 13.2 Å². The number of carbonyl (C=O) groups is 1. The predicted molar refractivity (Wildman–Crippen MR) is 80.4 cm³/mol. The maximum Gasteiger partial charge on any atom is 0.251 e. The molecular formula is C14H21N3O3S. The molecule has 4 N–H and O–H groups in total. The number of benzene rings is 1. The lowest BCUT2D eigenvalue weighted by molar-refractivity contribution is 0.0926. The summed E-state index contributed by atoms with van der Waals surface area (Å²) in [7, 11) is -2.12. The number of rotatable bonds is 4. The summed E-state index contributed by atoms with van der Waals surface area (Å²) in [6, 6.07) is 6.29. The van der Waals surface area contributed by atoms with Gasteiger partial charge in [-0.2, -0.15) is 0 Å². The van der Waals surface area contributed by atoms with Crippen LogP contribution in [0.4, 0.5) is 0 Å². The highest BCUT2D eigenvalue weighted by Crippen LogP contribution is 2.17. The van der Waals surface area contributed by atoms with Crippen molar-refractivity contribution in [3.05, 3.63) is 29.8 Å². The largest absolute Gasteiger partial charge is 0.349 e. The minimum Gasteiger partial charge on any atom is -0.349 e. The standard InChI is InChI=1S/C14H21N3O3S/c1-16-21(19,20)13-8-2-10(3-9-13)14(18)17-12-6-4-11(15)5-7-12/h2-3,8-9,11-12,16H,4-7,15H2,1H3,(H,17,18). The van der Waals surface area contributed by atoms with Crippen LogP contribution in [0.5, 0.6) is 0 Å². The summed E-state index contributed by atoms with van der Waals surface area (Å²) in [5.41, 5.74) is 6.29. The van der Waals surface area contributed by atoms with E-state index in [2.05, 4.69) is 10.0 Å². The summed E-state index contributed by atoms with van der Waals surface area (Å²) in [5, 5.41) is 2.97. The lowest BCUT2D eigenvalue weighted by Gasteiger charge is -2.26. The smallest absolute Gasteiger partial charge is 0.251 e. The van der Waals surface area contributed by atoms with Crippen molar-refractivity contribution in [2.24, 2.45) is 5.73 Å². The van der Waals surface area contributed by atoms with Gasteiger partial charge in [-0.25, -0.2) is 13.1 Å². The monoisotopic (exact) mass is 311 g/mol. The van der Waals surface area contributed by atoms with E-state index in [4.69, 9.17) is 5.73 Å². The molecule has 0 spiro atoms. The van der Waals surface area contributed by atoms with Gasteiger partial charge in [0.15, 0.2) is 0 Å². The third kappa shape index (κ3) is 4.03. The molecule has 116 valence electrons. The first-order chi connectivity index (χ1) is 9.92. The Bertz CT molecular complexity index is 590. The second-order valence-electron chi connectivity index (χ2n) is 5.32. The van der Waals surface area contributed by atoms with E-state index in [1.54, 1.807) is 0 Å². The number of sulfonamides is 1.